The van der Waals surface area contributed by atoms with E-state index >= 15 is 0 Å². The Morgan fingerprint density at radius 2 is 1.77 bits per heavy atom. The first-order valence-corrected chi connectivity index (χ1v) is 8.98. The lowest BCUT2D eigenvalue weighted by Gasteiger charge is -2.22. The van der Waals surface area contributed by atoms with Gasteiger partial charge in [-0.3, -0.25) is 9.59 Å². The van der Waals surface area contributed by atoms with Gasteiger partial charge in [0.15, 0.2) is 0 Å². The third-order valence-electron chi connectivity index (χ3n) is 4.43. The van der Waals surface area contributed by atoms with Crippen molar-refractivity contribution in [3.63, 3.8) is 0 Å². The summed E-state index contributed by atoms with van der Waals surface area (Å²) in [6.07, 6.45) is 0. The number of anilines is 1. The molecule has 0 aliphatic carbocycles. The van der Waals surface area contributed by atoms with Gasteiger partial charge in [-0.25, -0.2) is 0 Å². The number of rotatable bonds is 6. The van der Waals surface area contributed by atoms with Crippen LogP contribution in [0, 0.1) is 13.8 Å². The summed E-state index contributed by atoms with van der Waals surface area (Å²) in [6.45, 7) is 10.2. The minimum Gasteiger partial charge on any atom is -0.329 e. The van der Waals surface area contributed by atoms with Crippen LogP contribution in [-0.2, 0) is 16.1 Å². The highest BCUT2D eigenvalue weighted by molar-refractivity contribution is 5.95. The van der Waals surface area contributed by atoms with Crippen molar-refractivity contribution in [2.75, 3.05) is 11.9 Å². The molecule has 1 N–H and O–H groups in total. The van der Waals surface area contributed by atoms with E-state index in [4.69, 9.17) is 0 Å². The molecule has 0 saturated heterocycles. The molecule has 0 fully saturated rings. The predicted octanol–water partition coefficient (Wildman–Crippen LogP) is 4.41. The number of benzene rings is 2. The zero-order valence-corrected chi connectivity index (χ0v) is 16.3. The third kappa shape index (κ3) is 5.19. The first kappa shape index (κ1) is 19.7. The van der Waals surface area contributed by atoms with Crippen LogP contribution < -0.4 is 5.32 Å². The zero-order chi connectivity index (χ0) is 19.3. The highest BCUT2D eigenvalue weighted by Crippen LogP contribution is 2.27. The number of para-hydroxylation sites is 1. The SMILES string of the molecule is CC(=O)N(CC(=O)Nc1c(C)cccc1C(C)C)Cc1cccc(C)c1. The lowest BCUT2D eigenvalue weighted by Crippen LogP contribution is -2.36. The average Bonchev–Trinajstić information content (AvgIpc) is 2.55. The van der Waals surface area contributed by atoms with Gasteiger partial charge in [-0.1, -0.05) is 61.9 Å². The number of nitrogens with zero attached hydrogens (tertiary/aromatic N) is 1. The van der Waals surface area contributed by atoms with Gasteiger partial charge < -0.3 is 10.2 Å². The van der Waals surface area contributed by atoms with Gasteiger partial charge in [0, 0.05) is 19.2 Å². The molecule has 2 rings (SSSR count). The van der Waals surface area contributed by atoms with Crippen molar-refractivity contribution in [3.8, 4) is 0 Å². The van der Waals surface area contributed by atoms with Crippen LogP contribution in [0.4, 0.5) is 5.69 Å². The predicted molar refractivity (Wildman–Crippen MR) is 106 cm³/mol. The van der Waals surface area contributed by atoms with Gasteiger partial charge >= 0.3 is 0 Å². The van der Waals surface area contributed by atoms with Crippen molar-refractivity contribution >= 4 is 17.5 Å². The fraction of sp³-hybridized carbons (Fsp3) is 0.364. The number of aryl methyl sites for hydroxylation is 2. The lowest BCUT2D eigenvalue weighted by atomic mass is 9.98. The molecule has 4 heteroatoms. The van der Waals surface area contributed by atoms with Gasteiger partial charge in [-0.2, -0.15) is 0 Å². The number of amides is 2. The molecule has 4 nitrogen and oxygen atoms in total. The molecule has 0 spiro atoms. The molecular formula is C22H28N2O2. The first-order chi connectivity index (χ1) is 12.3. The number of hydrogen-bond acceptors (Lipinski definition) is 2. The third-order valence-corrected chi connectivity index (χ3v) is 4.43. The van der Waals surface area contributed by atoms with Crippen molar-refractivity contribution in [1.82, 2.24) is 4.90 Å². The van der Waals surface area contributed by atoms with Crippen LogP contribution in [0.1, 0.15) is 48.9 Å². The van der Waals surface area contributed by atoms with E-state index < -0.39 is 0 Å². The van der Waals surface area contributed by atoms with Crippen LogP contribution in [-0.4, -0.2) is 23.3 Å². The van der Waals surface area contributed by atoms with Gasteiger partial charge in [0.25, 0.3) is 0 Å². The number of hydrogen-bond donors (Lipinski definition) is 1. The molecule has 0 saturated carbocycles. The molecule has 138 valence electrons. The minimum atomic E-state index is -0.177. The molecule has 0 radical (unpaired) electrons. The van der Waals surface area contributed by atoms with Crippen molar-refractivity contribution in [2.24, 2.45) is 0 Å². The Balaban J connectivity index is 2.13. The Kier molecular flexibility index (Phi) is 6.56. The Labute approximate surface area is 156 Å². The summed E-state index contributed by atoms with van der Waals surface area (Å²) in [4.78, 5) is 26.2. The van der Waals surface area contributed by atoms with Crippen molar-refractivity contribution in [1.29, 1.82) is 0 Å². The molecule has 0 atom stereocenters. The Bertz CT molecular complexity index is 796. The molecule has 0 unspecified atom stereocenters. The van der Waals surface area contributed by atoms with E-state index in [0.717, 1.165) is 27.9 Å². The second kappa shape index (κ2) is 8.65. The number of nitrogens with one attached hydrogen (secondary N) is 1. The summed E-state index contributed by atoms with van der Waals surface area (Å²) in [5.41, 5.74) is 5.14. The van der Waals surface area contributed by atoms with Crippen LogP contribution >= 0.6 is 0 Å². The standard InChI is InChI=1S/C22H28N2O2/c1-15(2)20-11-7-9-17(4)22(20)23-21(26)14-24(18(5)25)13-19-10-6-8-16(3)12-19/h6-12,15H,13-14H2,1-5H3,(H,23,26). The normalized spacial score (nSPS) is 10.7. The number of carbonyl (C=O) groups is 2. The van der Waals surface area contributed by atoms with Crippen LogP contribution in [0.25, 0.3) is 0 Å². The summed E-state index contributed by atoms with van der Waals surface area (Å²) >= 11 is 0. The van der Waals surface area contributed by atoms with Gasteiger partial charge in [0.2, 0.25) is 11.8 Å². The summed E-state index contributed by atoms with van der Waals surface area (Å²) in [5.74, 6) is 0.0148. The van der Waals surface area contributed by atoms with Gasteiger partial charge in [0.05, 0.1) is 0 Å². The van der Waals surface area contributed by atoms with Gasteiger partial charge in [-0.15, -0.1) is 0 Å². The second-order valence-corrected chi connectivity index (χ2v) is 7.11. The largest absolute Gasteiger partial charge is 0.329 e. The molecule has 0 bridgehead atoms. The molecule has 2 amide bonds. The van der Waals surface area contributed by atoms with E-state index in [0.29, 0.717) is 12.5 Å². The molecule has 0 aliphatic rings. The molecule has 0 aromatic heterocycles. The van der Waals surface area contributed by atoms with Crippen LogP contribution in [0.3, 0.4) is 0 Å². The van der Waals surface area contributed by atoms with Crippen LogP contribution in [0.15, 0.2) is 42.5 Å². The Morgan fingerprint density at radius 3 is 2.38 bits per heavy atom. The average molecular weight is 352 g/mol. The van der Waals surface area contributed by atoms with Gasteiger partial charge in [-0.05, 0) is 36.5 Å². The Morgan fingerprint density at radius 1 is 1.08 bits per heavy atom. The summed E-state index contributed by atoms with van der Waals surface area (Å²) in [5, 5.41) is 3.01. The number of carbonyl (C=O) groups excluding carboxylic acids is 2. The fourth-order valence-corrected chi connectivity index (χ4v) is 3.00. The topological polar surface area (TPSA) is 49.4 Å². The maximum absolute atomic E-state index is 12.6. The van der Waals surface area contributed by atoms with E-state index in [2.05, 4.69) is 19.2 Å². The van der Waals surface area contributed by atoms with E-state index in [1.165, 1.54) is 6.92 Å². The van der Waals surface area contributed by atoms with E-state index in [1.54, 1.807) is 4.90 Å². The van der Waals surface area contributed by atoms with Crippen molar-refractivity contribution in [3.05, 3.63) is 64.7 Å². The Hall–Kier alpha value is -2.62. The first-order valence-electron chi connectivity index (χ1n) is 8.98. The second-order valence-electron chi connectivity index (χ2n) is 7.11. The molecular weight excluding hydrogens is 324 g/mol. The molecule has 2 aromatic rings. The maximum atomic E-state index is 12.6. The lowest BCUT2D eigenvalue weighted by molar-refractivity contribution is -0.133. The molecule has 0 aliphatic heterocycles. The summed E-state index contributed by atoms with van der Waals surface area (Å²) < 4.78 is 0. The van der Waals surface area contributed by atoms with Gasteiger partial charge in [0.1, 0.15) is 6.54 Å². The van der Waals surface area contributed by atoms with E-state index in [9.17, 15) is 9.59 Å². The van der Waals surface area contributed by atoms with E-state index in [-0.39, 0.29) is 18.4 Å². The van der Waals surface area contributed by atoms with Crippen molar-refractivity contribution in [2.45, 2.75) is 47.1 Å². The van der Waals surface area contributed by atoms with Crippen LogP contribution in [0.2, 0.25) is 0 Å². The molecule has 0 heterocycles. The fourth-order valence-electron chi connectivity index (χ4n) is 3.00. The van der Waals surface area contributed by atoms with E-state index in [1.807, 2.05) is 56.3 Å². The highest BCUT2D eigenvalue weighted by Gasteiger charge is 2.17. The minimum absolute atomic E-state index is 0.0368. The van der Waals surface area contributed by atoms with Crippen molar-refractivity contribution < 1.29 is 9.59 Å². The quantitative estimate of drug-likeness (QED) is 0.837. The maximum Gasteiger partial charge on any atom is 0.244 e. The smallest absolute Gasteiger partial charge is 0.244 e. The summed E-state index contributed by atoms with van der Waals surface area (Å²) in [6, 6.07) is 14.0. The van der Waals surface area contributed by atoms with Crippen LogP contribution in [0.5, 0.6) is 0 Å². The molecule has 2 aromatic carbocycles. The zero-order valence-electron chi connectivity index (χ0n) is 16.3. The highest BCUT2D eigenvalue weighted by atomic mass is 16.2. The summed E-state index contributed by atoms with van der Waals surface area (Å²) in [7, 11) is 0. The monoisotopic (exact) mass is 352 g/mol. The molecule has 26 heavy (non-hydrogen) atoms.